The number of carbonyl (C=O) groups excluding carboxylic acids is 1. The first-order chi connectivity index (χ1) is 7.99. The molecule has 0 spiro atoms. The first-order valence-electron chi connectivity index (χ1n) is 6.73. The SMILES string of the molecule is CN(C)C1(CNC(=O)C2(N)CCCC2)CCC1. The zero-order chi connectivity index (χ0) is 12.5. The van der Waals surface area contributed by atoms with Gasteiger partial charge in [-0.15, -0.1) is 0 Å². The van der Waals surface area contributed by atoms with E-state index < -0.39 is 5.54 Å². The van der Waals surface area contributed by atoms with Crippen molar-refractivity contribution in [1.29, 1.82) is 0 Å². The number of rotatable bonds is 4. The van der Waals surface area contributed by atoms with Gasteiger partial charge in [0.2, 0.25) is 5.91 Å². The summed E-state index contributed by atoms with van der Waals surface area (Å²) in [6.07, 6.45) is 7.48. The highest BCUT2D eigenvalue weighted by Gasteiger charge is 2.42. The smallest absolute Gasteiger partial charge is 0.240 e. The summed E-state index contributed by atoms with van der Waals surface area (Å²) in [6.45, 7) is 0.748. The van der Waals surface area contributed by atoms with Crippen molar-refractivity contribution in [2.45, 2.75) is 56.0 Å². The molecule has 0 aliphatic heterocycles. The number of amides is 1. The number of nitrogens with zero attached hydrogens (tertiary/aromatic N) is 1. The zero-order valence-electron chi connectivity index (χ0n) is 11.1. The van der Waals surface area contributed by atoms with E-state index in [1.54, 1.807) is 0 Å². The summed E-state index contributed by atoms with van der Waals surface area (Å²) in [5.41, 5.74) is 5.74. The Hall–Kier alpha value is -0.610. The van der Waals surface area contributed by atoms with Crippen LogP contribution in [-0.2, 0) is 4.79 Å². The van der Waals surface area contributed by atoms with Gasteiger partial charge in [-0.1, -0.05) is 12.8 Å². The molecule has 0 aromatic carbocycles. The lowest BCUT2D eigenvalue weighted by Gasteiger charge is -2.47. The molecule has 2 aliphatic carbocycles. The van der Waals surface area contributed by atoms with Crippen LogP contribution in [0.5, 0.6) is 0 Å². The van der Waals surface area contributed by atoms with Gasteiger partial charge in [-0.3, -0.25) is 4.79 Å². The maximum absolute atomic E-state index is 12.1. The Kier molecular flexibility index (Phi) is 3.46. The Labute approximate surface area is 104 Å². The molecule has 0 atom stereocenters. The van der Waals surface area contributed by atoms with Crippen LogP contribution in [0, 0.1) is 0 Å². The second kappa shape index (κ2) is 4.58. The molecule has 3 N–H and O–H groups in total. The van der Waals surface area contributed by atoms with Gasteiger partial charge in [0.25, 0.3) is 0 Å². The van der Waals surface area contributed by atoms with Gasteiger partial charge in [0.05, 0.1) is 5.54 Å². The quantitative estimate of drug-likeness (QED) is 0.765. The molecule has 4 nitrogen and oxygen atoms in total. The summed E-state index contributed by atoms with van der Waals surface area (Å²) in [7, 11) is 4.19. The first kappa shape index (κ1) is 12.8. The van der Waals surface area contributed by atoms with Gasteiger partial charge >= 0.3 is 0 Å². The largest absolute Gasteiger partial charge is 0.353 e. The molecular weight excluding hydrogens is 214 g/mol. The molecule has 0 bridgehead atoms. The maximum Gasteiger partial charge on any atom is 0.240 e. The molecule has 1 amide bonds. The van der Waals surface area contributed by atoms with Crippen LogP contribution >= 0.6 is 0 Å². The molecule has 4 heteroatoms. The average molecular weight is 239 g/mol. The molecule has 0 aromatic heterocycles. The van der Waals surface area contributed by atoms with Crippen LogP contribution in [-0.4, -0.2) is 42.5 Å². The summed E-state index contributed by atoms with van der Waals surface area (Å²) in [5, 5.41) is 3.08. The van der Waals surface area contributed by atoms with E-state index in [1.165, 1.54) is 19.3 Å². The second-order valence-corrected chi connectivity index (χ2v) is 6.02. The lowest BCUT2D eigenvalue weighted by molar-refractivity contribution is -0.127. The Bertz CT molecular complexity index is 291. The molecule has 2 fully saturated rings. The summed E-state index contributed by atoms with van der Waals surface area (Å²) in [5.74, 6) is 0.0584. The minimum Gasteiger partial charge on any atom is -0.353 e. The van der Waals surface area contributed by atoms with Gasteiger partial charge in [-0.05, 0) is 46.2 Å². The van der Waals surface area contributed by atoms with Crippen molar-refractivity contribution in [2.75, 3.05) is 20.6 Å². The molecule has 0 heterocycles. The van der Waals surface area contributed by atoms with E-state index >= 15 is 0 Å². The fraction of sp³-hybridized carbons (Fsp3) is 0.923. The van der Waals surface area contributed by atoms with Gasteiger partial charge in [0, 0.05) is 12.1 Å². The Balaban J connectivity index is 1.87. The molecule has 2 saturated carbocycles. The van der Waals surface area contributed by atoms with Crippen molar-refractivity contribution >= 4 is 5.91 Å². The minimum absolute atomic E-state index is 0.0584. The van der Waals surface area contributed by atoms with E-state index in [-0.39, 0.29) is 11.4 Å². The fourth-order valence-electron chi connectivity index (χ4n) is 3.02. The second-order valence-electron chi connectivity index (χ2n) is 6.02. The molecule has 0 unspecified atom stereocenters. The van der Waals surface area contributed by atoms with Crippen molar-refractivity contribution in [3.8, 4) is 0 Å². The van der Waals surface area contributed by atoms with Crippen LogP contribution in [0.4, 0.5) is 0 Å². The zero-order valence-corrected chi connectivity index (χ0v) is 11.1. The van der Waals surface area contributed by atoms with Gasteiger partial charge in [0.1, 0.15) is 0 Å². The summed E-state index contributed by atoms with van der Waals surface area (Å²) in [6, 6.07) is 0. The van der Waals surface area contributed by atoms with Crippen molar-refractivity contribution in [3.05, 3.63) is 0 Å². The number of hydrogen-bond acceptors (Lipinski definition) is 3. The number of likely N-dealkylation sites (N-methyl/N-ethyl adjacent to an activating group) is 1. The third-order valence-electron chi connectivity index (χ3n) is 4.76. The molecular formula is C13H25N3O. The standard InChI is InChI=1S/C13H25N3O/c1-16(2)12(6-5-7-12)10-15-11(17)13(14)8-3-4-9-13/h3-10,14H2,1-2H3,(H,15,17). The topological polar surface area (TPSA) is 58.4 Å². The lowest BCUT2D eigenvalue weighted by atomic mass is 9.75. The molecule has 98 valence electrons. The third kappa shape index (κ3) is 2.33. The number of nitrogens with two attached hydrogens (primary N) is 1. The molecule has 0 saturated heterocycles. The van der Waals surface area contributed by atoms with Crippen molar-refractivity contribution in [1.82, 2.24) is 10.2 Å². The van der Waals surface area contributed by atoms with Crippen molar-refractivity contribution in [3.63, 3.8) is 0 Å². The molecule has 2 aliphatic rings. The number of hydrogen-bond donors (Lipinski definition) is 2. The predicted molar refractivity (Wildman–Crippen MR) is 68.7 cm³/mol. The monoisotopic (exact) mass is 239 g/mol. The van der Waals surface area contributed by atoms with E-state index in [9.17, 15) is 4.79 Å². The lowest BCUT2D eigenvalue weighted by Crippen LogP contribution is -2.60. The van der Waals surface area contributed by atoms with Crippen LogP contribution in [0.15, 0.2) is 0 Å². The summed E-state index contributed by atoms with van der Waals surface area (Å²) in [4.78, 5) is 14.4. The first-order valence-corrected chi connectivity index (χ1v) is 6.73. The normalized spacial score (nSPS) is 25.6. The average Bonchev–Trinajstić information content (AvgIpc) is 2.64. The van der Waals surface area contributed by atoms with Gasteiger partial charge in [0.15, 0.2) is 0 Å². The Morgan fingerprint density at radius 1 is 1.18 bits per heavy atom. The van der Waals surface area contributed by atoms with E-state index in [2.05, 4.69) is 24.3 Å². The minimum atomic E-state index is -0.586. The van der Waals surface area contributed by atoms with Crippen LogP contribution < -0.4 is 11.1 Å². The highest BCUT2D eigenvalue weighted by Crippen LogP contribution is 2.35. The Morgan fingerprint density at radius 2 is 1.76 bits per heavy atom. The number of carbonyl (C=O) groups is 1. The molecule has 0 radical (unpaired) electrons. The predicted octanol–water partition coefficient (Wildman–Crippen LogP) is 0.858. The summed E-state index contributed by atoms with van der Waals surface area (Å²) < 4.78 is 0. The van der Waals surface area contributed by atoms with E-state index in [4.69, 9.17) is 5.73 Å². The van der Waals surface area contributed by atoms with Gasteiger partial charge in [-0.2, -0.15) is 0 Å². The highest BCUT2D eigenvalue weighted by atomic mass is 16.2. The Morgan fingerprint density at radius 3 is 2.18 bits per heavy atom. The highest BCUT2D eigenvalue weighted by molar-refractivity contribution is 5.86. The van der Waals surface area contributed by atoms with Crippen LogP contribution in [0.3, 0.4) is 0 Å². The van der Waals surface area contributed by atoms with Crippen molar-refractivity contribution < 1.29 is 4.79 Å². The third-order valence-corrected chi connectivity index (χ3v) is 4.76. The molecule has 17 heavy (non-hydrogen) atoms. The summed E-state index contributed by atoms with van der Waals surface area (Å²) >= 11 is 0. The van der Waals surface area contributed by atoms with Crippen LogP contribution in [0.2, 0.25) is 0 Å². The van der Waals surface area contributed by atoms with E-state index in [1.807, 2.05) is 0 Å². The van der Waals surface area contributed by atoms with Crippen molar-refractivity contribution in [2.24, 2.45) is 5.73 Å². The maximum atomic E-state index is 12.1. The van der Waals surface area contributed by atoms with E-state index in [0.29, 0.717) is 0 Å². The van der Waals surface area contributed by atoms with Gasteiger partial charge < -0.3 is 16.0 Å². The fourth-order valence-corrected chi connectivity index (χ4v) is 3.02. The molecule has 0 aromatic rings. The van der Waals surface area contributed by atoms with Gasteiger partial charge in [-0.25, -0.2) is 0 Å². The van der Waals surface area contributed by atoms with Crippen LogP contribution in [0.25, 0.3) is 0 Å². The number of nitrogens with one attached hydrogen (secondary N) is 1. The van der Waals surface area contributed by atoms with E-state index in [0.717, 1.165) is 32.2 Å². The molecule has 2 rings (SSSR count). The van der Waals surface area contributed by atoms with Crippen LogP contribution in [0.1, 0.15) is 44.9 Å².